The number of hydrogen-bond donors (Lipinski definition) is 1. The quantitative estimate of drug-likeness (QED) is 0.861. The SMILES string of the molecule is COC1(C)CCCN(C2(CN)CCCCC2C(C)C)C1. The first kappa shape index (κ1) is 16.3. The van der Waals surface area contributed by atoms with E-state index in [9.17, 15) is 0 Å². The van der Waals surface area contributed by atoms with Crippen LogP contribution in [0.15, 0.2) is 0 Å². The highest BCUT2D eigenvalue weighted by atomic mass is 16.5. The van der Waals surface area contributed by atoms with Crippen molar-refractivity contribution in [3.63, 3.8) is 0 Å². The Morgan fingerprint density at radius 2 is 2.00 bits per heavy atom. The van der Waals surface area contributed by atoms with Gasteiger partial charge in [-0.25, -0.2) is 0 Å². The third-order valence-electron chi connectivity index (χ3n) is 6.00. The van der Waals surface area contributed by atoms with Gasteiger partial charge in [-0.1, -0.05) is 26.7 Å². The Bertz CT molecular complexity index is 320. The first-order valence-corrected chi connectivity index (χ1v) is 8.48. The maximum absolute atomic E-state index is 6.34. The molecule has 1 aliphatic heterocycles. The number of hydrogen-bond acceptors (Lipinski definition) is 3. The fraction of sp³-hybridized carbons (Fsp3) is 1.00. The third-order valence-corrected chi connectivity index (χ3v) is 6.00. The van der Waals surface area contributed by atoms with Crippen molar-refractivity contribution in [3.8, 4) is 0 Å². The Hall–Kier alpha value is -0.120. The van der Waals surface area contributed by atoms with E-state index in [0.29, 0.717) is 0 Å². The van der Waals surface area contributed by atoms with E-state index in [-0.39, 0.29) is 11.1 Å². The van der Waals surface area contributed by atoms with Crippen molar-refractivity contribution < 1.29 is 4.74 Å². The van der Waals surface area contributed by atoms with Crippen LogP contribution in [-0.2, 0) is 4.74 Å². The van der Waals surface area contributed by atoms with Crippen molar-refractivity contribution in [1.82, 2.24) is 4.90 Å². The molecule has 2 aliphatic rings. The van der Waals surface area contributed by atoms with Crippen LogP contribution in [0.2, 0.25) is 0 Å². The summed E-state index contributed by atoms with van der Waals surface area (Å²) in [6.45, 7) is 10.1. The van der Waals surface area contributed by atoms with Gasteiger partial charge >= 0.3 is 0 Å². The van der Waals surface area contributed by atoms with Crippen molar-refractivity contribution in [2.75, 3.05) is 26.7 Å². The van der Waals surface area contributed by atoms with Gasteiger partial charge in [0, 0.05) is 25.7 Å². The van der Waals surface area contributed by atoms with Crippen molar-refractivity contribution in [3.05, 3.63) is 0 Å². The molecule has 0 radical (unpaired) electrons. The lowest BCUT2D eigenvalue weighted by Crippen LogP contribution is -2.65. The zero-order valence-corrected chi connectivity index (χ0v) is 14.0. The van der Waals surface area contributed by atoms with Crippen LogP contribution in [0.3, 0.4) is 0 Å². The summed E-state index contributed by atoms with van der Waals surface area (Å²) in [6.07, 6.45) is 7.73. The van der Waals surface area contributed by atoms with E-state index >= 15 is 0 Å². The Morgan fingerprint density at radius 1 is 1.25 bits per heavy atom. The first-order valence-electron chi connectivity index (χ1n) is 8.48. The zero-order valence-electron chi connectivity index (χ0n) is 14.0. The van der Waals surface area contributed by atoms with Gasteiger partial charge < -0.3 is 10.5 Å². The normalized spacial score (nSPS) is 40.2. The second kappa shape index (κ2) is 6.33. The molecule has 3 unspecified atom stereocenters. The van der Waals surface area contributed by atoms with Crippen LogP contribution in [-0.4, -0.2) is 42.8 Å². The number of rotatable bonds is 4. The van der Waals surface area contributed by atoms with Crippen molar-refractivity contribution in [2.45, 2.75) is 70.4 Å². The first-order chi connectivity index (χ1) is 9.47. The smallest absolute Gasteiger partial charge is 0.0777 e. The molecule has 1 saturated heterocycles. The zero-order chi connectivity index (χ0) is 14.8. The van der Waals surface area contributed by atoms with Crippen LogP contribution in [0.1, 0.15) is 59.3 Å². The molecule has 2 rings (SSSR count). The van der Waals surface area contributed by atoms with Crippen molar-refractivity contribution in [1.29, 1.82) is 0 Å². The molecule has 118 valence electrons. The summed E-state index contributed by atoms with van der Waals surface area (Å²) < 4.78 is 5.80. The second-order valence-electron chi connectivity index (χ2n) is 7.58. The lowest BCUT2D eigenvalue weighted by molar-refractivity contribution is -0.107. The molecule has 3 nitrogen and oxygen atoms in total. The maximum Gasteiger partial charge on any atom is 0.0777 e. The molecule has 0 bridgehead atoms. The van der Waals surface area contributed by atoms with Crippen molar-refractivity contribution >= 4 is 0 Å². The molecule has 2 fully saturated rings. The van der Waals surface area contributed by atoms with Gasteiger partial charge in [-0.3, -0.25) is 4.90 Å². The van der Waals surface area contributed by atoms with Gasteiger partial charge in [0.25, 0.3) is 0 Å². The van der Waals surface area contributed by atoms with Gasteiger partial charge in [-0.15, -0.1) is 0 Å². The number of nitrogens with two attached hydrogens (primary N) is 1. The van der Waals surface area contributed by atoms with E-state index < -0.39 is 0 Å². The summed E-state index contributed by atoms with van der Waals surface area (Å²) in [4.78, 5) is 2.70. The van der Waals surface area contributed by atoms with Gasteiger partial charge in [-0.05, 0) is 51.0 Å². The predicted octanol–water partition coefficient (Wildman–Crippen LogP) is 3.03. The third kappa shape index (κ3) is 2.90. The Balaban J connectivity index is 2.24. The molecule has 1 heterocycles. The lowest BCUT2D eigenvalue weighted by atomic mass is 9.66. The Labute approximate surface area is 125 Å². The van der Waals surface area contributed by atoms with Gasteiger partial charge in [0.15, 0.2) is 0 Å². The number of ether oxygens (including phenoxy) is 1. The summed E-state index contributed by atoms with van der Waals surface area (Å²) in [5, 5.41) is 0. The highest BCUT2D eigenvalue weighted by Gasteiger charge is 2.48. The molecule has 2 N–H and O–H groups in total. The van der Waals surface area contributed by atoms with Crippen LogP contribution in [0.4, 0.5) is 0 Å². The summed E-state index contributed by atoms with van der Waals surface area (Å²) in [5.74, 6) is 1.45. The van der Waals surface area contributed by atoms with Crippen molar-refractivity contribution in [2.24, 2.45) is 17.6 Å². The van der Waals surface area contributed by atoms with E-state index in [4.69, 9.17) is 10.5 Å². The number of methoxy groups -OCH3 is 1. The molecule has 0 amide bonds. The molecule has 3 heteroatoms. The van der Waals surface area contributed by atoms with Crippen LogP contribution < -0.4 is 5.73 Å². The molecule has 0 aromatic heterocycles. The molecular formula is C17H34N2O. The molecule has 3 atom stereocenters. The van der Waals surface area contributed by atoms with Crippen LogP contribution in [0, 0.1) is 11.8 Å². The Kier molecular flexibility index (Phi) is 5.14. The molecular weight excluding hydrogens is 248 g/mol. The van der Waals surface area contributed by atoms with E-state index in [1.54, 1.807) is 0 Å². The van der Waals surface area contributed by atoms with Gasteiger partial charge in [0.2, 0.25) is 0 Å². The minimum absolute atomic E-state index is 0.0133. The van der Waals surface area contributed by atoms with Crippen LogP contribution >= 0.6 is 0 Å². The summed E-state index contributed by atoms with van der Waals surface area (Å²) in [6, 6.07) is 0. The minimum atomic E-state index is 0.0133. The summed E-state index contributed by atoms with van der Waals surface area (Å²) >= 11 is 0. The Morgan fingerprint density at radius 3 is 2.60 bits per heavy atom. The predicted molar refractivity (Wildman–Crippen MR) is 84.8 cm³/mol. The standard InChI is InChI=1S/C17H34N2O/c1-14(2)15-8-5-6-10-17(15,12-18)19-11-7-9-16(3,13-19)20-4/h14-15H,5-13,18H2,1-4H3. The summed E-state index contributed by atoms with van der Waals surface area (Å²) in [5.41, 5.74) is 6.57. The molecule has 0 aromatic carbocycles. The fourth-order valence-electron chi connectivity index (χ4n) is 4.73. The fourth-order valence-corrected chi connectivity index (χ4v) is 4.73. The molecule has 1 aliphatic carbocycles. The van der Waals surface area contributed by atoms with Crippen LogP contribution in [0.5, 0.6) is 0 Å². The van der Waals surface area contributed by atoms with E-state index in [2.05, 4.69) is 25.7 Å². The van der Waals surface area contributed by atoms with E-state index in [1.807, 2.05) is 7.11 Å². The monoisotopic (exact) mass is 282 g/mol. The number of nitrogens with zero attached hydrogens (tertiary/aromatic N) is 1. The van der Waals surface area contributed by atoms with Gasteiger partial charge in [0.1, 0.15) is 0 Å². The largest absolute Gasteiger partial charge is 0.377 e. The highest BCUT2D eigenvalue weighted by molar-refractivity contribution is 5.04. The number of likely N-dealkylation sites (tertiary alicyclic amines) is 1. The second-order valence-corrected chi connectivity index (χ2v) is 7.58. The topological polar surface area (TPSA) is 38.5 Å². The summed E-state index contributed by atoms with van der Waals surface area (Å²) in [7, 11) is 1.86. The average molecular weight is 282 g/mol. The average Bonchev–Trinajstić information content (AvgIpc) is 2.47. The lowest BCUT2D eigenvalue weighted by Gasteiger charge is -2.56. The molecule has 0 spiro atoms. The molecule has 1 saturated carbocycles. The van der Waals surface area contributed by atoms with E-state index in [0.717, 1.165) is 24.9 Å². The van der Waals surface area contributed by atoms with Gasteiger partial charge in [-0.2, -0.15) is 0 Å². The molecule has 0 aromatic rings. The minimum Gasteiger partial charge on any atom is -0.377 e. The van der Waals surface area contributed by atoms with E-state index in [1.165, 1.54) is 45.1 Å². The maximum atomic E-state index is 6.34. The van der Waals surface area contributed by atoms with Gasteiger partial charge in [0.05, 0.1) is 5.60 Å². The van der Waals surface area contributed by atoms with Crippen LogP contribution in [0.25, 0.3) is 0 Å². The highest BCUT2D eigenvalue weighted by Crippen LogP contribution is 2.44. The number of piperidine rings is 1. The molecule has 20 heavy (non-hydrogen) atoms.